The fraction of sp³-hybridized carbons (Fsp3) is 0.714. The van der Waals surface area contributed by atoms with Crippen molar-refractivity contribution in [2.45, 2.75) is 19.3 Å². The van der Waals surface area contributed by atoms with Crippen molar-refractivity contribution in [1.29, 1.82) is 0 Å². The van der Waals surface area contributed by atoms with E-state index in [-0.39, 0.29) is 17.7 Å². The predicted molar refractivity (Wildman–Crippen MR) is 39.5 cm³/mol. The van der Waals surface area contributed by atoms with E-state index in [4.69, 9.17) is 5.73 Å². The van der Waals surface area contributed by atoms with Crippen LogP contribution in [-0.2, 0) is 9.59 Å². The Labute approximate surface area is 65.1 Å². The molecule has 0 spiro atoms. The maximum atomic E-state index is 10.8. The molecule has 1 saturated heterocycles. The lowest BCUT2D eigenvalue weighted by atomic mass is 10.0. The zero-order valence-corrected chi connectivity index (χ0v) is 6.30. The summed E-state index contributed by atoms with van der Waals surface area (Å²) in [5.41, 5.74) is 5.10. The molecule has 4 heteroatoms. The molecule has 1 rings (SSSR count). The third kappa shape index (κ3) is 2.22. The molecule has 11 heavy (non-hydrogen) atoms. The van der Waals surface area contributed by atoms with E-state index in [0.29, 0.717) is 25.8 Å². The Kier molecular flexibility index (Phi) is 2.46. The fourth-order valence-corrected chi connectivity index (χ4v) is 1.21. The molecule has 3 N–H and O–H groups in total. The summed E-state index contributed by atoms with van der Waals surface area (Å²) < 4.78 is 0. The lowest BCUT2D eigenvalue weighted by molar-refractivity contribution is -0.122. The molecule has 0 aromatic heterocycles. The highest BCUT2D eigenvalue weighted by Crippen LogP contribution is 2.12. The SMILES string of the molecule is NC(=O)C1CCNC(=O)CC1. The van der Waals surface area contributed by atoms with E-state index in [9.17, 15) is 9.59 Å². The second kappa shape index (κ2) is 3.37. The van der Waals surface area contributed by atoms with Crippen molar-refractivity contribution in [2.24, 2.45) is 11.7 Å². The molecule has 0 aliphatic carbocycles. The highest BCUT2D eigenvalue weighted by molar-refractivity contribution is 5.80. The second-order valence-corrected chi connectivity index (χ2v) is 2.78. The number of amides is 2. The summed E-state index contributed by atoms with van der Waals surface area (Å²) in [5.74, 6) is -0.385. The van der Waals surface area contributed by atoms with Crippen LogP contribution in [0.3, 0.4) is 0 Å². The van der Waals surface area contributed by atoms with E-state index in [2.05, 4.69) is 5.32 Å². The summed E-state index contributed by atoms with van der Waals surface area (Å²) in [7, 11) is 0. The number of carbonyl (C=O) groups is 2. The zero-order valence-electron chi connectivity index (χ0n) is 6.30. The van der Waals surface area contributed by atoms with Gasteiger partial charge in [0.15, 0.2) is 0 Å². The number of rotatable bonds is 1. The van der Waals surface area contributed by atoms with Crippen LogP contribution < -0.4 is 11.1 Å². The minimum atomic E-state index is -0.290. The highest BCUT2D eigenvalue weighted by Gasteiger charge is 2.19. The zero-order chi connectivity index (χ0) is 8.27. The van der Waals surface area contributed by atoms with Crippen LogP contribution in [-0.4, -0.2) is 18.4 Å². The third-order valence-electron chi connectivity index (χ3n) is 1.94. The van der Waals surface area contributed by atoms with Gasteiger partial charge in [-0.05, 0) is 12.8 Å². The average molecular weight is 156 g/mol. The van der Waals surface area contributed by atoms with Crippen LogP contribution in [0.15, 0.2) is 0 Å². The van der Waals surface area contributed by atoms with Crippen molar-refractivity contribution in [3.63, 3.8) is 0 Å². The summed E-state index contributed by atoms with van der Waals surface area (Å²) in [6.07, 6.45) is 1.70. The summed E-state index contributed by atoms with van der Waals surface area (Å²) in [4.78, 5) is 21.5. The summed E-state index contributed by atoms with van der Waals surface area (Å²) in [6.45, 7) is 0.576. The largest absolute Gasteiger partial charge is 0.369 e. The molecule has 0 radical (unpaired) electrons. The van der Waals surface area contributed by atoms with Gasteiger partial charge in [0, 0.05) is 18.9 Å². The maximum absolute atomic E-state index is 10.8. The van der Waals surface area contributed by atoms with Crippen LogP contribution in [0.2, 0.25) is 0 Å². The Morgan fingerprint density at radius 3 is 2.91 bits per heavy atom. The number of hydrogen-bond acceptors (Lipinski definition) is 2. The van der Waals surface area contributed by atoms with Gasteiger partial charge in [-0.25, -0.2) is 0 Å². The topological polar surface area (TPSA) is 72.2 Å². The average Bonchev–Trinajstić information content (AvgIpc) is 2.13. The minimum absolute atomic E-state index is 0.0220. The Hall–Kier alpha value is -1.06. The molecule has 62 valence electrons. The van der Waals surface area contributed by atoms with E-state index in [0.717, 1.165) is 0 Å². The van der Waals surface area contributed by atoms with E-state index >= 15 is 0 Å². The van der Waals surface area contributed by atoms with Crippen LogP contribution >= 0.6 is 0 Å². The highest BCUT2D eigenvalue weighted by atomic mass is 16.2. The molecule has 2 amide bonds. The van der Waals surface area contributed by atoms with Gasteiger partial charge in [-0.3, -0.25) is 9.59 Å². The molecule has 1 fully saturated rings. The third-order valence-corrected chi connectivity index (χ3v) is 1.94. The van der Waals surface area contributed by atoms with Crippen molar-refractivity contribution in [1.82, 2.24) is 5.32 Å². The minimum Gasteiger partial charge on any atom is -0.369 e. The first-order valence-electron chi connectivity index (χ1n) is 3.76. The first-order chi connectivity index (χ1) is 5.20. The van der Waals surface area contributed by atoms with Crippen molar-refractivity contribution >= 4 is 11.8 Å². The van der Waals surface area contributed by atoms with Crippen molar-refractivity contribution in [3.8, 4) is 0 Å². The van der Waals surface area contributed by atoms with Crippen LogP contribution in [0, 0.1) is 5.92 Å². The number of nitrogens with one attached hydrogen (secondary N) is 1. The number of nitrogens with two attached hydrogens (primary N) is 1. The van der Waals surface area contributed by atoms with Crippen molar-refractivity contribution in [3.05, 3.63) is 0 Å². The molecule has 0 aromatic carbocycles. The summed E-state index contributed by atoms with van der Waals surface area (Å²) >= 11 is 0. The normalized spacial score (nSPS) is 25.5. The predicted octanol–water partition coefficient (Wildman–Crippen LogP) is -0.612. The number of primary amides is 1. The molecule has 0 bridgehead atoms. The quantitative estimate of drug-likeness (QED) is 0.531. The van der Waals surface area contributed by atoms with Gasteiger partial charge in [-0.2, -0.15) is 0 Å². The Morgan fingerprint density at radius 2 is 2.27 bits per heavy atom. The van der Waals surface area contributed by atoms with Gasteiger partial charge in [0.2, 0.25) is 11.8 Å². The van der Waals surface area contributed by atoms with Gasteiger partial charge in [0.1, 0.15) is 0 Å². The Balaban J connectivity index is 2.46. The van der Waals surface area contributed by atoms with Crippen molar-refractivity contribution in [2.75, 3.05) is 6.54 Å². The lowest BCUT2D eigenvalue weighted by Crippen LogP contribution is -2.24. The molecule has 0 saturated carbocycles. The van der Waals surface area contributed by atoms with Gasteiger partial charge >= 0.3 is 0 Å². The van der Waals surface area contributed by atoms with Gasteiger partial charge in [-0.1, -0.05) is 0 Å². The molecule has 1 unspecified atom stereocenters. The van der Waals surface area contributed by atoms with E-state index < -0.39 is 0 Å². The van der Waals surface area contributed by atoms with Gasteiger partial charge in [-0.15, -0.1) is 0 Å². The molecule has 1 aliphatic rings. The van der Waals surface area contributed by atoms with E-state index in [1.54, 1.807) is 0 Å². The van der Waals surface area contributed by atoms with Gasteiger partial charge in [0.25, 0.3) is 0 Å². The van der Waals surface area contributed by atoms with E-state index in [1.165, 1.54) is 0 Å². The monoisotopic (exact) mass is 156 g/mol. The van der Waals surface area contributed by atoms with E-state index in [1.807, 2.05) is 0 Å². The number of carbonyl (C=O) groups excluding carboxylic acids is 2. The molecular weight excluding hydrogens is 144 g/mol. The van der Waals surface area contributed by atoms with Crippen LogP contribution in [0.5, 0.6) is 0 Å². The Bertz CT molecular complexity index is 179. The first-order valence-corrected chi connectivity index (χ1v) is 3.76. The van der Waals surface area contributed by atoms with Crippen LogP contribution in [0.4, 0.5) is 0 Å². The second-order valence-electron chi connectivity index (χ2n) is 2.78. The number of hydrogen-bond donors (Lipinski definition) is 2. The Morgan fingerprint density at radius 1 is 1.55 bits per heavy atom. The smallest absolute Gasteiger partial charge is 0.220 e. The molecule has 4 nitrogen and oxygen atoms in total. The first kappa shape index (κ1) is 8.04. The molecular formula is C7H12N2O2. The lowest BCUT2D eigenvalue weighted by Gasteiger charge is -2.06. The molecule has 0 aromatic rings. The summed E-state index contributed by atoms with van der Waals surface area (Å²) in [5, 5.41) is 2.68. The van der Waals surface area contributed by atoms with Crippen molar-refractivity contribution < 1.29 is 9.59 Å². The van der Waals surface area contributed by atoms with Crippen LogP contribution in [0.1, 0.15) is 19.3 Å². The van der Waals surface area contributed by atoms with Gasteiger partial charge in [0.05, 0.1) is 0 Å². The van der Waals surface area contributed by atoms with Crippen LogP contribution in [0.25, 0.3) is 0 Å². The molecule has 1 aliphatic heterocycles. The molecule has 1 heterocycles. The molecule has 1 atom stereocenters. The standard InChI is InChI=1S/C7H12N2O2/c8-7(11)5-1-2-6(10)9-4-3-5/h5H,1-4H2,(H2,8,11)(H,9,10). The fourth-order valence-electron chi connectivity index (χ4n) is 1.21. The van der Waals surface area contributed by atoms with Gasteiger partial charge < -0.3 is 11.1 Å². The maximum Gasteiger partial charge on any atom is 0.220 e. The summed E-state index contributed by atoms with van der Waals surface area (Å²) in [6, 6.07) is 0.